The molecule has 2 aromatic carbocycles. The molecule has 4 heterocycles. The van der Waals surface area contributed by atoms with Crippen molar-refractivity contribution in [2.75, 3.05) is 37.0 Å². The molecule has 0 fully saturated rings. The Balaban J connectivity index is 0.000000203. The standard InChI is InChI=1S/C19H22Cl3N5O.C15H14Cl3N5O/c1-5-7-26(8-6-2)19-23-15-11(3)24-27(17(15)18(28)25(19)4)16-13(21)9-12(20)10-14(16)22;1-7-11-13(14(24)22(4)15(19-11)21(2)3)23(20-7)12-9(17)5-8(16)6-10(12)18/h9-10H,5-8H2,1-4H3;5-6H,1-4H3. The minimum Gasteiger partial charge on any atom is -0.348 e. The molecule has 0 saturated heterocycles. The average molecular weight is 829 g/mol. The van der Waals surface area contributed by atoms with Crippen molar-refractivity contribution in [2.24, 2.45) is 14.1 Å². The molecule has 0 aliphatic rings. The van der Waals surface area contributed by atoms with Gasteiger partial charge in [-0.15, -0.1) is 0 Å². The summed E-state index contributed by atoms with van der Waals surface area (Å²) in [6.07, 6.45) is 1.92. The molecule has 0 N–H and O–H groups in total. The summed E-state index contributed by atoms with van der Waals surface area (Å²) in [4.78, 5) is 39.4. The molecule has 0 spiro atoms. The van der Waals surface area contributed by atoms with Crippen LogP contribution in [-0.4, -0.2) is 65.8 Å². The molecule has 0 amide bonds. The van der Waals surface area contributed by atoms with E-state index in [0.717, 1.165) is 25.9 Å². The van der Waals surface area contributed by atoms with Crippen molar-refractivity contribution in [1.82, 2.24) is 38.7 Å². The summed E-state index contributed by atoms with van der Waals surface area (Å²) in [5.74, 6) is 1.17. The molecule has 276 valence electrons. The van der Waals surface area contributed by atoms with E-state index in [9.17, 15) is 9.59 Å². The first-order valence-corrected chi connectivity index (χ1v) is 18.4. The summed E-state index contributed by atoms with van der Waals surface area (Å²) < 4.78 is 5.91. The number of hydrogen-bond acceptors (Lipinski definition) is 8. The fourth-order valence-corrected chi connectivity index (χ4v) is 7.82. The highest BCUT2D eigenvalue weighted by atomic mass is 35.5. The van der Waals surface area contributed by atoms with Gasteiger partial charge in [0, 0.05) is 51.3 Å². The second-order valence-corrected chi connectivity index (χ2v) is 14.8. The van der Waals surface area contributed by atoms with Crippen LogP contribution in [0.15, 0.2) is 33.9 Å². The SMILES string of the molecule is CCCN(CCC)c1nc2c(C)nn(-c3c(Cl)cc(Cl)cc3Cl)c2c(=O)n1C.Cc1nn(-c2c(Cl)cc(Cl)cc2Cl)c2c(=O)n(C)c(N(C)C)nc12. The summed E-state index contributed by atoms with van der Waals surface area (Å²) in [6, 6.07) is 6.26. The van der Waals surface area contributed by atoms with Gasteiger partial charge < -0.3 is 9.80 Å². The van der Waals surface area contributed by atoms with Crippen molar-refractivity contribution >= 4 is 104 Å². The van der Waals surface area contributed by atoms with Gasteiger partial charge in [0.25, 0.3) is 11.1 Å². The van der Waals surface area contributed by atoms with Crippen LogP contribution < -0.4 is 20.9 Å². The van der Waals surface area contributed by atoms with E-state index in [2.05, 4.69) is 33.9 Å². The summed E-state index contributed by atoms with van der Waals surface area (Å²) in [5.41, 5.74) is 3.28. The van der Waals surface area contributed by atoms with Gasteiger partial charge in [0.15, 0.2) is 11.0 Å². The van der Waals surface area contributed by atoms with Crippen LogP contribution in [0.5, 0.6) is 0 Å². The van der Waals surface area contributed by atoms with Gasteiger partial charge in [-0.1, -0.05) is 83.5 Å². The van der Waals surface area contributed by atoms with Crippen molar-refractivity contribution < 1.29 is 0 Å². The largest absolute Gasteiger partial charge is 0.348 e. The van der Waals surface area contributed by atoms with Crippen LogP contribution >= 0.6 is 69.6 Å². The molecular formula is C34H36Cl6N10O2. The topological polar surface area (TPSA) is 112 Å². The van der Waals surface area contributed by atoms with Gasteiger partial charge in [-0.2, -0.15) is 10.2 Å². The smallest absolute Gasteiger partial charge is 0.281 e. The number of aromatic nitrogens is 8. The fraction of sp³-hybridized carbons (Fsp3) is 0.353. The summed E-state index contributed by atoms with van der Waals surface area (Å²) in [7, 11) is 7.02. The van der Waals surface area contributed by atoms with E-state index in [1.54, 1.807) is 54.8 Å². The highest BCUT2D eigenvalue weighted by Gasteiger charge is 2.24. The van der Waals surface area contributed by atoms with Crippen LogP contribution in [0, 0.1) is 13.8 Å². The molecule has 52 heavy (non-hydrogen) atoms. The monoisotopic (exact) mass is 826 g/mol. The van der Waals surface area contributed by atoms with E-state index in [1.807, 2.05) is 21.0 Å². The highest BCUT2D eigenvalue weighted by molar-refractivity contribution is 6.41. The molecule has 0 radical (unpaired) electrons. The number of anilines is 2. The van der Waals surface area contributed by atoms with E-state index in [0.29, 0.717) is 86.9 Å². The van der Waals surface area contributed by atoms with Gasteiger partial charge in [0.05, 0.1) is 31.5 Å². The second kappa shape index (κ2) is 15.8. The zero-order chi connectivity index (χ0) is 38.3. The zero-order valence-electron chi connectivity index (χ0n) is 29.7. The minimum atomic E-state index is -0.244. The van der Waals surface area contributed by atoms with Crippen LogP contribution in [0.2, 0.25) is 30.1 Å². The predicted octanol–water partition coefficient (Wildman–Crippen LogP) is 8.47. The molecule has 0 aliphatic heterocycles. The normalized spacial score (nSPS) is 11.3. The Morgan fingerprint density at radius 1 is 0.615 bits per heavy atom. The Labute approximate surface area is 330 Å². The van der Waals surface area contributed by atoms with E-state index in [1.165, 1.54) is 13.9 Å². The molecule has 0 unspecified atom stereocenters. The third-order valence-corrected chi connectivity index (χ3v) is 9.74. The van der Waals surface area contributed by atoms with Gasteiger partial charge in [0.1, 0.15) is 22.4 Å². The lowest BCUT2D eigenvalue weighted by molar-refractivity contribution is 0.684. The van der Waals surface area contributed by atoms with Crippen molar-refractivity contribution in [3.05, 3.63) is 86.5 Å². The Morgan fingerprint density at radius 3 is 1.31 bits per heavy atom. The maximum atomic E-state index is 13.3. The molecule has 12 nitrogen and oxygen atoms in total. The molecule has 0 saturated carbocycles. The summed E-state index contributed by atoms with van der Waals surface area (Å²) >= 11 is 37.3. The van der Waals surface area contributed by atoms with Crippen LogP contribution in [0.4, 0.5) is 11.9 Å². The third kappa shape index (κ3) is 7.34. The first kappa shape index (κ1) is 39.7. The quantitative estimate of drug-likeness (QED) is 0.150. The Hall–Kier alpha value is -3.52. The van der Waals surface area contributed by atoms with Crippen LogP contribution in [0.3, 0.4) is 0 Å². The molecule has 0 bridgehead atoms. The number of benzene rings is 2. The molecule has 0 aliphatic carbocycles. The Kier molecular flexibility index (Phi) is 12.1. The highest BCUT2D eigenvalue weighted by Crippen LogP contribution is 2.35. The van der Waals surface area contributed by atoms with E-state index in [4.69, 9.17) is 74.6 Å². The number of hydrogen-bond donors (Lipinski definition) is 0. The predicted molar refractivity (Wildman–Crippen MR) is 215 cm³/mol. The van der Waals surface area contributed by atoms with Crippen LogP contribution in [-0.2, 0) is 14.1 Å². The maximum Gasteiger partial charge on any atom is 0.281 e. The molecule has 18 heteroatoms. The maximum absolute atomic E-state index is 13.3. The fourth-order valence-electron chi connectivity index (χ4n) is 5.87. The van der Waals surface area contributed by atoms with Crippen LogP contribution in [0.1, 0.15) is 38.1 Å². The van der Waals surface area contributed by atoms with Crippen LogP contribution in [0.25, 0.3) is 33.4 Å². The lowest BCUT2D eigenvalue weighted by Crippen LogP contribution is -2.33. The minimum absolute atomic E-state index is 0.208. The van der Waals surface area contributed by atoms with E-state index < -0.39 is 0 Å². The van der Waals surface area contributed by atoms with Crippen molar-refractivity contribution in [2.45, 2.75) is 40.5 Å². The molecule has 6 rings (SSSR count). The van der Waals surface area contributed by atoms with Gasteiger partial charge in [-0.3, -0.25) is 18.7 Å². The number of fused-ring (bicyclic) bond motifs is 2. The molecule has 6 aromatic rings. The van der Waals surface area contributed by atoms with E-state index >= 15 is 0 Å². The first-order chi connectivity index (χ1) is 24.5. The molecule has 0 atom stereocenters. The number of aryl methyl sites for hydroxylation is 2. The van der Waals surface area contributed by atoms with Crippen molar-refractivity contribution in [3.63, 3.8) is 0 Å². The summed E-state index contributed by atoms with van der Waals surface area (Å²) in [6.45, 7) is 9.45. The Bertz CT molecular complexity index is 2400. The first-order valence-electron chi connectivity index (χ1n) is 16.2. The van der Waals surface area contributed by atoms with Gasteiger partial charge in [0.2, 0.25) is 11.9 Å². The third-order valence-electron chi connectivity index (χ3n) is 8.15. The lowest BCUT2D eigenvalue weighted by atomic mass is 10.3. The second-order valence-electron chi connectivity index (χ2n) is 12.3. The average Bonchev–Trinajstić information content (AvgIpc) is 3.55. The van der Waals surface area contributed by atoms with Gasteiger partial charge >= 0.3 is 0 Å². The Morgan fingerprint density at radius 2 is 0.962 bits per heavy atom. The zero-order valence-corrected chi connectivity index (χ0v) is 34.2. The van der Waals surface area contributed by atoms with Crippen molar-refractivity contribution in [3.8, 4) is 11.4 Å². The summed E-state index contributed by atoms with van der Waals surface area (Å²) in [5, 5.41) is 11.0. The lowest BCUT2D eigenvalue weighted by Gasteiger charge is -2.24. The number of halogens is 6. The van der Waals surface area contributed by atoms with Crippen molar-refractivity contribution in [1.29, 1.82) is 0 Å². The molecular weight excluding hydrogens is 793 g/mol. The van der Waals surface area contributed by atoms with E-state index in [-0.39, 0.29) is 11.1 Å². The number of rotatable bonds is 8. The van der Waals surface area contributed by atoms with Gasteiger partial charge in [-0.05, 0) is 51.0 Å². The number of nitrogens with zero attached hydrogens (tertiary/aromatic N) is 10. The van der Waals surface area contributed by atoms with Gasteiger partial charge in [-0.25, -0.2) is 19.3 Å². The molecule has 4 aromatic heterocycles.